The van der Waals surface area contributed by atoms with E-state index < -0.39 is 11.7 Å². The van der Waals surface area contributed by atoms with Gasteiger partial charge in [-0.05, 0) is 47.2 Å². The van der Waals surface area contributed by atoms with Gasteiger partial charge < -0.3 is 15.6 Å². The Kier molecular flexibility index (Phi) is 6.48. The van der Waals surface area contributed by atoms with Crippen LogP contribution in [0.5, 0.6) is 11.5 Å². The number of aryl methyl sites for hydroxylation is 1. The first kappa shape index (κ1) is 20.0. The molecule has 2 aromatic rings. The fourth-order valence-corrected chi connectivity index (χ4v) is 3.22. The number of aromatic hydroxyl groups is 1. The van der Waals surface area contributed by atoms with E-state index in [2.05, 4.69) is 0 Å². The van der Waals surface area contributed by atoms with E-state index in [4.69, 9.17) is 22.1 Å². The standard InChI is InChI=1S/C20H23ClFNO3/c1-4-12-7-14(26-10-18(23)25)9-16(21)15(12)8-13-5-6-17(24)19(11(2)3)20(13)22/h5-7,9,11,24H,4,8,10H2,1-3H3,(H2,23,25). The number of phenols is 1. The van der Waals surface area contributed by atoms with E-state index >= 15 is 0 Å². The van der Waals surface area contributed by atoms with Crippen molar-refractivity contribution in [1.29, 1.82) is 0 Å². The number of halogens is 2. The molecule has 0 aromatic heterocycles. The number of carbonyl (C=O) groups is 1. The van der Waals surface area contributed by atoms with E-state index in [0.717, 1.165) is 11.1 Å². The summed E-state index contributed by atoms with van der Waals surface area (Å²) in [6.07, 6.45) is 0.962. The first-order chi connectivity index (χ1) is 12.2. The smallest absolute Gasteiger partial charge is 0.255 e. The summed E-state index contributed by atoms with van der Waals surface area (Å²) in [6, 6.07) is 6.47. The molecule has 0 aliphatic heterocycles. The van der Waals surface area contributed by atoms with E-state index in [1.54, 1.807) is 18.2 Å². The molecule has 3 N–H and O–H groups in total. The molecule has 140 valence electrons. The zero-order valence-electron chi connectivity index (χ0n) is 15.1. The SMILES string of the molecule is CCc1cc(OCC(N)=O)cc(Cl)c1Cc1ccc(O)c(C(C)C)c1F. The average molecular weight is 380 g/mol. The quantitative estimate of drug-likeness (QED) is 0.752. The van der Waals surface area contributed by atoms with Gasteiger partial charge in [-0.2, -0.15) is 0 Å². The fraction of sp³-hybridized carbons (Fsp3) is 0.350. The van der Waals surface area contributed by atoms with Crippen LogP contribution in [0.25, 0.3) is 0 Å². The van der Waals surface area contributed by atoms with Crippen LogP contribution in [-0.4, -0.2) is 17.6 Å². The first-order valence-corrected chi connectivity index (χ1v) is 8.85. The van der Waals surface area contributed by atoms with Gasteiger partial charge in [0.25, 0.3) is 5.91 Å². The highest BCUT2D eigenvalue weighted by atomic mass is 35.5. The fourth-order valence-electron chi connectivity index (χ4n) is 2.92. The Morgan fingerprint density at radius 1 is 1.31 bits per heavy atom. The zero-order valence-corrected chi connectivity index (χ0v) is 15.9. The molecule has 1 amide bonds. The molecule has 0 spiro atoms. The van der Waals surface area contributed by atoms with Crippen LogP contribution in [0.3, 0.4) is 0 Å². The lowest BCUT2D eigenvalue weighted by atomic mass is 9.93. The molecule has 0 atom stereocenters. The zero-order chi connectivity index (χ0) is 19.4. The van der Waals surface area contributed by atoms with Gasteiger partial charge in [-0.1, -0.05) is 38.4 Å². The van der Waals surface area contributed by atoms with Crippen LogP contribution in [-0.2, 0) is 17.6 Å². The second-order valence-corrected chi connectivity index (χ2v) is 6.86. The van der Waals surface area contributed by atoms with Gasteiger partial charge in [0.15, 0.2) is 6.61 Å². The maximum Gasteiger partial charge on any atom is 0.255 e. The molecule has 26 heavy (non-hydrogen) atoms. The molecule has 2 aromatic carbocycles. The lowest BCUT2D eigenvalue weighted by Crippen LogP contribution is -2.20. The van der Waals surface area contributed by atoms with Crippen LogP contribution in [0.1, 0.15) is 48.9 Å². The normalized spacial score (nSPS) is 11.0. The Morgan fingerprint density at radius 3 is 2.58 bits per heavy atom. The molecule has 0 bridgehead atoms. The number of carbonyl (C=O) groups excluding carboxylic acids is 1. The number of ether oxygens (including phenoxy) is 1. The predicted octanol–water partition coefficient (Wildman–Crippen LogP) is 4.33. The summed E-state index contributed by atoms with van der Waals surface area (Å²) < 4.78 is 20.2. The molecule has 0 radical (unpaired) electrons. The number of phenolic OH excluding ortho intramolecular Hbond substituents is 1. The molecule has 0 unspecified atom stereocenters. The summed E-state index contributed by atoms with van der Waals surface area (Å²) in [5, 5.41) is 10.4. The number of hydrogen-bond donors (Lipinski definition) is 2. The number of hydrogen-bond acceptors (Lipinski definition) is 3. The van der Waals surface area contributed by atoms with Crippen molar-refractivity contribution in [2.45, 2.75) is 39.5 Å². The van der Waals surface area contributed by atoms with Crippen molar-refractivity contribution in [1.82, 2.24) is 0 Å². The van der Waals surface area contributed by atoms with Crippen molar-refractivity contribution in [3.63, 3.8) is 0 Å². The van der Waals surface area contributed by atoms with Gasteiger partial charge in [-0.25, -0.2) is 4.39 Å². The molecule has 0 aliphatic carbocycles. The lowest BCUT2D eigenvalue weighted by Gasteiger charge is -2.16. The molecule has 0 heterocycles. The number of amides is 1. The summed E-state index contributed by atoms with van der Waals surface area (Å²) >= 11 is 6.40. The van der Waals surface area contributed by atoms with Gasteiger partial charge in [-0.3, -0.25) is 4.79 Å². The number of nitrogens with two attached hydrogens (primary N) is 1. The van der Waals surface area contributed by atoms with Crippen molar-refractivity contribution in [3.05, 3.63) is 57.4 Å². The Labute approximate surface area is 157 Å². The van der Waals surface area contributed by atoms with Gasteiger partial charge in [0.2, 0.25) is 0 Å². The van der Waals surface area contributed by atoms with Crippen LogP contribution in [0.2, 0.25) is 5.02 Å². The predicted molar refractivity (Wildman–Crippen MR) is 100 cm³/mol. The van der Waals surface area contributed by atoms with Gasteiger partial charge in [-0.15, -0.1) is 0 Å². The summed E-state index contributed by atoms with van der Waals surface area (Å²) in [6.45, 7) is 5.39. The molecular weight excluding hydrogens is 357 g/mol. The Hall–Kier alpha value is -2.27. The van der Waals surface area contributed by atoms with E-state index in [9.17, 15) is 14.3 Å². The lowest BCUT2D eigenvalue weighted by molar-refractivity contribution is -0.119. The van der Waals surface area contributed by atoms with Crippen molar-refractivity contribution in [2.24, 2.45) is 5.73 Å². The van der Waals surface area contributed by atoms with Gasteiger partial charge in [0, 0.05) is 17.0 Å². The summed E-state index contributed by atoms with van der Waals surface area (Å²) in [7, 11) is 0. The molecule has 0 saturated carbocycles. The second-order valence-electron chi connectivity index (χ2n) is 6.45. The monoisotopic (exact) mass is 379 g/mol. The maximum atomic E-state index is 14.8. The van der Waals surface area contributed by atoms with Crippen molar-refractivity contribution in [3.8, 4) is 11.5 Å². The summed E-state index contributed by atoms with van der Waals surface area (Å²) in [5.74, 6) is -0.717. The van der Waals surface area contributed by atoms with Crippen LogP contribution in [0.4, 0.5) is 4.39 Å². The number of benzene rings is 2. The Balaban J connectivity index is 2.41. The van der Waals surface area contributed by atoms with Crippen LogP contribution in [0.15, 0.2) is 24.3 Å². The van der Waals surface area contributed by atoms with Gasteiger partial charge >= 0.3 is 0 Å². The largest absolute Gasteiger partial charge is 0.508 e. The molecule has 0 aliphatic rings. The van der Waals surface area contributed by atoms with Gasteiger partial charge in [0.1, 0.15) is 17.3 Å². The number of rotatable bonds is 7. The topological polar surface area (TPSA) is 72.5 Å². The van der Waals surface area contributed by atoms with Crippen molar-refractivity contribution >= 4 is 17.5 Å². The minimum atomic E-state index is -0.573. The number of primary amides is 1. The van der Waals surface area contributed by atoms with E-state index in [1.807, 2.05) is 20.8 Å². The van der Waals surface area contributed by atoms with Crippen LogP contribution >= 0.6 is 11.6 Å². The minimum absolute atomic E-state index is 0.0433. The minimum Gasteiger partial charge on any atom is -0.508 e. The van der Waals surface area contributed by atoms with E-state index in [0.29, 0.717) is 34.7 Å². The molecule has 6 heteroatoms. The molecule has 4 nitrogen and oxygen atoms in total. The highest BCUT2D eigenvalue weighted by molar-refractivity contribution is 6.31. The third kappa shape index (κ3) is 4.47. The average Bonchev–Trinajstić information content (AvgIpc) is 2.56. The highest BCUT2D eigenvalue weighted by Gasteiger charge is 2.18. The van der Waals surface area contributed by atoms with E-state index in [-0.39, 0.29) is 18.3 Å². The van der Waals surface area contributed by atoms with Gasteiger partial charge in [0.05, 0.1) is 0 Å². The Bertz CT molecular complexity index is 821. The highest BCUT2D eigenvalue weighted by Crippen LogP contribution is 2.34. The van der Waals surface area contributed by atoms with Crippen LogP contribution < -0.4 is 10.5 Å². The third-order valence-corrected chi connectivity index (χ3v) is 4.54. The maximum absolute atomic E-state index is 14.8. The van der Waals surface area contributed by atoms with Crippen molar-refractivity contribution in [2.75, 3.05) is 6.61 Å². The van der Waals surface area contributed by atoms with Crippen LogP contribution in [0, 0.1) is 5.82 Å². The Morgan fingerprint density at radius 2 is 2.00 bits per heavy atom. The van der Waals surface area contributed by atoms with E-state index in [1.165, 1.54) is 6.07 Å². The molecular formula is C20H23ClFNO3. The summed E-state index contributed by atoms with van der Waals surface area (Å²) in [4.78, 5) is 10.9. The van der Waals surface area contributed by atoms with Crippen molar-refractivity contribution < 1.29 is 19.0 Å². The second kappa shape index (κ2) is 8.41. The first-order valence-electron chi connectivity index (χ1n) is 8.47. The molecule has 0 fully saturated rings. The third-order valence-electron chi connectivity index (χ3n) is 4.20. The molecule has 0 saturated heterocycles. The summed E-state index contributed by atoms with van der Waals surface area (Å²) in [5.41, 5.74) is 7.55. The molecule has 2 rings (SSSR count).